The predicted octanol–water partition coefficient (Wildman–Crippen LogP) is 19.0. The Balaban J connectivity index is 0.868. The molecule has 2 spiro atoms. The normalized spacial score (nSPS) is 19.4. The van der Waals surface area contributed by atoms with Crippen LogP contribution >= 0.6 is 0 Å². The Morgan fingerprint density at radius 2 is 0.521 bits per heavy atom. The monoisotopic (exact) mass is 1220 g/mol. The largest absolute Gasteiger partial charge is 0.308 e. The molecule has 0 unspecified atom stereocenters. The first-order valence-electron chi connectivity index (χ1n) is 33.8. The van der Waals surface area contributed by atoms with Crippen LogP contribution in [0.25, 0.3) is 98.4 Å². The molecule has 27 rings (SSSR count). The molecular weight excluding hydrogens is 1170 g/mol. The van der Waals surface area contributed by atoms with Crippen molar-refractivity contribution < 1.29 is 19.2 Å². The van der Waals surface area contributed by atoms with E-state index < -0.39 is 22.7 Å². The third-order valence-corrected chi connectivity index (χ3v) is 25.2. The van der Waals surface area contributed by atoms with Crippen LogP contribution in [0.1, 0.15) is 154 Å². The van der Waals surface area contributed by atoms with Gasteiger partial charge >= 0.3 is 0 Å². The standard InChI is InChI=1S/C90H48N2O4/c93-85-61-39-73-65(35-59(61)75-49-21-1-5-25-53(49)77(85)54-26-6-2-22-50(54)75)81-79-63-33-43-41-89(67-29-13-9-17-45(67)46-18-10-14-30-68(46)89)88(96)58(43)38-72(63)92-74-40-62-60(76-51-23-3-7-27-55(51)78(86(62)94)56-28-8-4-24-52(56)76)36-66(74)82(84(79)92)80-64-34-44-42-90(87(95)57(44)37-71(64)91(73)83(80)81)69-31-15-11-19-47(69)48-20-12-16-32-70(48)90/h1-40,75-78H,41-42H2. The van der Waals surface area contributed by atoms with E-state index in [0.29, 0.717) is 24.0 Å². The van der Waals surface area contributed by atoms with Crippen molar-refractivity contribution in [1.82, 2.24) is 8.80 Å². The van der Waals surface area contributed by atoms with Crippen LogP contribution in [0.3, 0.4) is 0 Å². The minimum Gasteiger partial charge on any atom is -0.308 e. The number of Topliss-reactive ketones (excluding diaryl/α,β-unsaturated/α-hetero) is 4. The van der Waals surface area contributed by atoms with Gasteiger partial charge in [-0.25, -0.2) is 0 Å². The zero-order valence-electron chi connectivity index (χ0n) is 51.3. The highest BCUT2D eigenvalue weighted by molar-refractivity contribution is 6.46. The third-order valence-electron chi connectivity index (χ3n) is 25.2. The van der Waals surface area contributed by atoms with E-state index in [1.807, 2.05) is 0 Å². The van der Waals surface area contributed by atoms with Crippen LogP contribution in [-0.4, -0.2) is 31.9 Å². The van der Waals surface area contributed by atoms with E-state index in [0.717, 1.165) is 199 Å². The number of fused-ring (bicyclic) bond motifs is 26. The first-order valence-corrected chi connectivity index (χ1v) is 33.8. The summed E-state index contributed by atoms with van der Waals surface area (Å²) in [6.07, 6.45) is 1.02. The Morgan fingerprint density at radius 3 is 0.833 bits per heavy atom. The lowest BCUT2D eigenvalue weighted by Gasteiger charge is -2.30. The molecule has 6 nitrogen and oxygen atoms in total. The van der Waals surface area contributed by atoms with Crippen LogP contribution in [0.2, 0.25) is 0 Å². The summed E-state index contributed by atoms with van der Waals surface area (Å²) in [6, 6.07) is 86.6. The van der Waals surface area contributed by atoms with Crippen molar-refractivity contribution in [3.05, 3.63) is 354 Å². The van der Waals surface area contributed by atoms with Gasteiger partial charge in [0.05, 0.1) is 55.8 Å². The highest BCUT2D eigenvalue weighted by Crippen LogP contribution is 2.62. The van der Waals surface area contributed by atoms with E-state index in [1.54, 1.807) is 0 Å². The Hall–Kier alpha value is -11.9. The van der Waals surface area contributed by atoms with Gasteiger partial charge in [0.25, 0.3) is 0 Å². The number of hydrogen-bond donors (Lipinski definition) is 0. The van der Waals surface area contributed by atoms with Crippen molar-refractivity contribution in [2.24, 2.45) is 0 Å². The second-order valence-corrected chi connectivity index (χ2v) is 28.8. The summed E-state index contributed by atoms with van der Waals surface area (Å²) >= 11 is 0. The molecule has 0 saturated carbocycles. The van der Waals surface area contributed by atoms with Gasteiger partial charge in [-0.15, -0.1) is 0 Å². The molecule has 0 atom stereocenters. The molecule has 17 aromatic rings. The molecule has 10 aliphatic rings. The van der Waals surface area contributed by atoms with Gasteiger partial charge < -0.3 is 8.80 Å². The lowest BCUT2D eigenvalue weighted by Crippen LogP contribution is -2.32. The highest BCUT2D eigenvalue weighted by Gasteiger charge is 2.56. The van der Waals surface area contributed by atoms with Crippen LogP contribution in [0.4, 0.5) is 0 Å². The molecule has 0 aliphatic heterocycles. The smallest absolute Gasteiger partial charge is 0.178 e. The van der Waals surface area contributed by atoms with Crippen LogP contribution in [0, 0.1) is 0 Å². The molecule has 6 heteroatoms. The Kier molecular flexibility index (Phi) is 8.39. The number of ketones is 4. The zero-order chi connectivity index (χ0) is 62.4. The van der Waals surface area contributed by atoms with Gasteiger partial charge in [0.1, 0.15) is 0 Å². The number of nitrogens with zero attached hydrogens (tertiary/aromatic N) is 2. The molecule has 4 aromatic heterocycles. The van der Waals surface area contributed by atoms with Gasteiger partial charge in [-0.05, 0) is 173 Å². The van der Waals surface area contributed by atoms with Gasteiger partial charge in [-0.3, -0.25) is 19.2 Å². The van der Waals surface area contributed by atoms with Crippen molar-refractivity contribution >= 4 is 99.3 Å². The molecule has 0 saturated heterocycles. The molecular formula is C90H48N2O4. The number of aromatic nitrogens is 2. The van der Waals surface area contributed by atoms with E-state index in [1.165, 1.54) is 0 Å². The fourth-order valence-corrected chi connectivity index (χ4v) is 21.7. The van der Waals surface area contributed by atoms with Crippen LogP contribution in [-0.2, 0) is 23.7 Å². The van der Waals surface area contributed by atoms with E-state index in [9.17, 15) is 0 Å². The van der Waals surface area contributed by atoms with Crippen LogP contribution < -0.4 is 0 Å². The van der Waals surface area contributed by atoms with E-state index in [-0.39, 0.29) is 35.0 Å². The molecule has 13 aromatic carbocycles. The molecule has 0 N–H and O–H groups in total. The zero-order valence-corrected chi connectivity index (χ0v) is 51.3. The first kappa shape index (κ1) is 49.7. The number of benzene rings is 13. The molecule has 10 aliphatic carbocycles. The predicted molar refractivity (Wildman–Crippen MR) is 377 cm³/mol. The van der Waals surface area contributed by atoms with Gasteiger partial charge in [-0.1, -0.05) is 194 Å². The lowest BCUT2D eigenvalue weighted by atomic mass is 9.72. The first-order chi connectivity index (χ1) is 47.3. The molecule has 4 heterocycles. The maximum atomic E-state index is 16.3. The van der Waals surface area contributed by atoms with Crippen LogP contribution in [0.15, 0.2) is 243 Å². The number of hydrogen-bond acceptors (Lipinski definition) is 4. The van der Waals surface area contributed by atoms with Gasteiger partial charge in [0, 0.05) is 77.2 Å². The Morgan fingerprint density at radius 1 is 0.260 bits per heavy atom. The molecule has 442 valence electrons. The molecule has 0 fully saturated rings. The summed E-state index contributed by atoms with van der Waals surface area (Å²) in [6.45, 7) is 0. The number of rotatable bonds is 0. The van der Waals surface area contributed by atoms with Crippen molar-refractivity contribution in [3.63, 3.8) is 0 Å². The fraction of sp³-hybridized carbons (Fsp3) is 0.0889. The van der Waals surface area contributed by atoms with Crippen molar-refractivity contribution in [2.75, 3.05) is 0 Å². The van der Waals surface area contributed by atoms with Crippen molar-refractivity contribution in [2.45, 2.75) is 47.3 Å². The van der Waals surface area contributed by atoms with Crippen LogP contribution in [0.5, 0.6) is 0 Å². The highest BCUT2D eigenvalue weighted by atomic mass is 16.1. The molecule has 96 heavy (non-hydrogen) atoms. The maximum Gasteiger partial charge on any atom is 0.178 e. The van der Waals surface area contributed by atoms with E-state index in [4.69, 9.17) is 0 Å². The summed E-state index contributed by atoms with van der Waals surface area (Å²) in [5.74, 6) is -0.997. The van der Waals surface area contributed by atoms with Gasteiger partial charge in [0.2, 0.25) is 0 Å². The van der Waals surface area contributed by atoms with Crippen molar-refractivity contribution in [1.29, 1.82) is 0 Å². The Bertz CT molecular complexity index is 6190. The van der Waals surface area contributed by atoms with Gasteiger partial charge in [-0.2, -0.15) is 0 Å². The molecule has 0 amide bonds. The topological polar surface area (TPSA) is 77.1 Å². The SMILES string of the molecule is O=C1c2cc3c(cc2C2c4ccccc4C1c1ccccc12)c1c2c4cc5c(cc4n4c6cc7c(cc6c(c6c8cc9c(cc8n3c61)C(=O)C1(C9)c3ccccc3-c3ccccc31)c24)C1c2ccccc2C(C7=O)c2ccccc21)C(=O)C1(C5)c2ccccc2-c2ccccc21. The van der Waals surface area contributed by atoms with E-state index in [2.05, 4.69) is 251 Å². The van der Waals surface area contributed by atoms with E-state index >= 15 is 19.2 Å². The molecule has 4 bridgehead atoms. The summed E-state index contributed by atoms with van der Waals surface area (Å²) in [7, 11) is 0. The van der Waals surface area contributed by atoms with Crippen molar-refractivity contribution in [3.8, 4) is 22.3 Å². The maximum absolute atomic E-state index is 16.3. The minimum atomic E-state index is -0.913. The molecule has 0 radical (unpaired) electrons. The van der Waals surface area contributed by atoms with Gasteiger partial charge in [0.15, 0.2) is 23.1 Å². The summed E-state index contributed by atoms with van der Waals surface area (Å²) in [5, 5.41) is 8.39. The average molecular weight is 1220 g/mol. The third kappa shape index (κ3) is 5.21. The summed E-state index contributed by atoms with van der Waals surface area (Å²) < 4.78 is 4.86. The average Bonchev–Trinajstić information content (AvgIpc) is 1.48. The minimum absolute atomic E-state index is 0.0853. The fourth-order valence-electron chi connectivity index (χ4n) is 21.7. The second kappa shape index (κ2) is 16.2. The lowest BCUT2D eigenvalue weighted by molar-refractivity contribution is 0.0925. The number of carbonyl (C=O) groups is 4. The quantitative estimate of drug-likeness (QED) is 0.152. The summed E-state index contributed by atoms with van der Waals surface area (Å²) in [5.41, 5.74) is 28.2. The second-order valence-electron chi connectivity index (χ2n) is 28.8. The Labute approximate surface area is 547 Å². The summed E-state index contributed by atoms with van der Waals surface area (Å²) in [4.78, 5) is 64.8. The number of carbonyl (C=O) groups excluding carboxylic acids is 4.